The molecule has 1 saturated heterocycles. The van der Waals surface area contributed by atoms with Crippen LogP contribution >= 0.6 is 0 Å². The molecule has 0 spiro atoms. The molecule has 1 aromatic carbocycles. The van der Waals surface area contributed by atoms with E-state index in [1.807, 2.05) is 6.92 Å². The van der Waals surface area contributed by atoms with Crippen LogP contribution in [0.25, 0.3) is 0 Å². The number of hydrogen-bond donors (Lipinski definition) is 2. The van der Waals surface area contributed by atoms with Gasteiger partial charge in [0.1, 0.15) is 6.61 Å². The molecule has 0 aromatic heterocycles. The molecule has 8 nitrogen and oxygen atoms in total. The lowest BCUT2D eigenvalue weighted by Crippen LogP contribution is -2.53. The Labute approximate surface area is 179 Å². The van der Waals surface area contributed by atoms with Crippen molar-refractivity contribution >= 4 is 29.1 Å². The zero-order valence-corrected chi connectivity index (χ0v) is 17.5. The third-order valence-electron chi connectivity index (χ3n) is 5.83. The summed E-state index contributed by atoms with van der Waals surface area (Å²) in [5.74, 6) is -1.50. The molecule has 3 rings (SSSR count). The molecule has 1 aromatic rings. The molecular formula is C21H28F2N4O4. The van der Waals surface area contributed by atoms with E-state index in [4.69, 9.17) is 10.5 Å². The van der Waals surface area contributed by atoms with Gasteiger partial charge in [-0.1, -0.05) is 13.3 Å². The quantitative estimate of drug-likeness (QED) is 0.573. The minimum absolute atomic E-state index is 0.114. The number of morpholine rings is 1. The van der Waals surface area contributed by atoms with Gasteiger partial charge in [0, 0.05) is 30.0 Å². The average Bonchev–Trinajstić information content (AvgIpc) is 2.69. The van der Waals surface area contributed by atoms with Crippen LogP contribution in [-0.2, 0) is 19.1 Å². The highest BCUT2D eigenvalue weighted by molar-refractivity contribution is 6.10. The number of amides is 3. The number of nitrogens with zero attached hydrogens (tertiary/aromatic N) is 2. The molecule has 170 valence electrons. The summed E-state index contributed by atoms with van der Waals surface area (Å²) in [7, 11) is 0. The molecular weight excluding hydrogens is 410 g/mol. The van der Waals surface area contributed by atoms with E-state index in [0.29, 0.717) is 31.3 Å². The van der Waals surface area contributed by atoms with Crippen molar-refractivity contribution in [2.45, 2.75) is 38.7 Å². The van der Waals surface area contributed by atoms with Crippen molar-refractivity contribution in [3.8, 4) is 0 Å². The number of carbonyl (C=O) groups is 3. The molecule has 0 radical (unpaired) electrons. The lowest BCUT2D eigenvalue weighted by atomic mass is 9.85. The summed E-state index contributed by atoms with van der Waals surface area (Å²) in [6.45, 7) is 3.25. The summed E-state index contributed by atoms with van der Waals surface area (Å²) in [5, 5.41) is 2.45. The molecule has 0 unspecified atom stereocenters. The molecule has 1 saturated carbocycles. The van der Waals surface area contributed by atoms with Crippen LogP contribution < -0.4 is 16.0 Å². The number of primary amides is 1. The van der Waals surface area contributed by atoms with Crippen LogP contribution in [0.5, 0.6) is 0 Å². The molecule has 2 fully saturated rings. The largest absolute Gasteiger partial charge is 0.370 e. The summed E-state index contributed by atoms with van der Waals surface area (Å²) < 4.78 is 32.6. The molecule has 1 atom stereocenters. The maximum absolute atomic E-state index is 13.8. The van der Waals surface area contributed by atoms with E-state index < -0.39 is 29.8 Å². The number of carbonyl (C=O) groups excluding carboxylic acids is 3. The Morgan fingerprint density at radius 3 is 2.65 bits per heavy atom. The Morgan fingerprint density at radius 2 is 2.10 bits per heavy atom. The zero-order valence-electron chi connectivity index (χ0n) is 17.5. The Kier molecular flexibility index (Phi) is 7.55. The van der Waals surface area contributed by atoms with Crippen molar-refractivity contribution < 1.29 is 27.9 Å². The normalized spacial score (nSPS) is 18.2. The molecule has 10 heteroatoms. The van der Waals surface area contributed by atoms with Crippen molar-refractivity contribution in [1.82, 2.24) is 4.90 Å². The Bertz CT molecular complexity index is 832. The number of halogens is 2. The predicted octanol–water partition coefficient (Wildman–Crippen LogP) is 1.90. The van der Waals surface area contributed by atoms with E-state index in [1.165, 1.54) is 23.1 Å². The van der Waals surface area contributed by atoms with Gasteiger partial charge in [-0.3, -0.25) is 19.3 Å². The highest BCUT2D eigenvalue weighted by Gasteiger charge is 2.34. The molecule has 2 aliphatic rings. The number of ether oxygens (including phenoxy) is 1. The lowest BCUT2D eigenvalue weighted by molar-refractivity contribution is -0.133. The molecule has 31 heavy (non-hydrogen) atoms. The van der Waals surface area contributed by atoms with Crippen LogP contribution in [0.3, 0.4) is 0 Å². The minimum atomic E-state index is -2.89. The van der Waals surface area contributed by atoms with Crippen molar-refractivity contribution in [1.29, 1.82) is 0 Å². The van der Waals surface area contributed by atoms with Gasteiger partial charge in [-0.05, 0) is 43.5 Å². The molecule has 1 aliphatic heterocycles. The van der Waals surface area contributed by atoms with Crippen molar-refractivity contribution in [3.05, 3.63) is 23.8 Å². The van der Waals surface area contributed by atoms with Gasteiger partial charge in [-0.15, -0.1) is 0 Å². The maximum atomic E-state index is 13.8. The van der Waals surface area contributed by atoms with Crippen LogP contribution in [0.1, 0.15) is 38.2 Å². The standard InChI is InChI=1S/C21H28F2N4O4/c1-2-26(11-13-4-3-5-13)18(20(24)29)21(30)25-16-7-6-14(10-15(16)19(22)23)27-8-9-31-12-17(27)28/h6-7,10,13,18-19H,2-5,8-9,11-12H2,1H3,(H2,24,29)(H,25,30)/t18-/m0/s1. The molecule has 1 heterocycles. The lowest BCUT2D eigenvalue weighted by Gasteiger charge is -2.34. The molecule has 0 bridgehead atoms. The highest BCUT2D eigenvalue weighted by atomic mass is 19.3. The average molecular weight is 438 g/mol. The second-order valence-electron chi connectivity index (χ2n) is 7.85. The second kappa shape index (κ2) is 10.1. The van der Waals surface area contributed by atoms with Gasteiger partial charge in [0.05, 0.1) is 6.61 Å². The summed E-state index contributed by atoms with van der Waals surface area (Å²) in [4.78, 5) is 40.0. The summed E-state index contributed by atoms with van der Waals surface area (Å²) >= 11 is 0. The van der Waals surface area contributed by atoms with E-state index in [-0.39, 0.29) is 24.7 Å². The third kappa shape index (κ3) is 5.37. The van der Waals surface area contributed by atoms with Gasteiger partial charge < -0.3 is 20.7 Å². The van der Waals surface area contributed by atoms with Gasteiger partial charge in [0.15, 0.2) is 6.04 Å². The van der Waals surface area contributed by atoms with Crippen LogP contribution in [0.2, 0.25) is 0 Å². The van der Waals surface area contributed by atoms with Crippen molar-refractivity contribution in [3.63, 3.8) is 0 Å². The maximum Gasteiger partial charge on any atom is 0.265 e. The SMILES string of the molecule is CCN(CC1CCC1)[C@@H](C(N)=O)C(=O)Nc1ccc(N2CCOCC2=O)cc1C(F)F. The first-order valence-electron chi connectivity index (χ1n) is 10.5. The number of hydrogen-bond acceptors (Lipinski definition) is 5. The Hall–Kier alpha value is -2.59. The first-order chi connectivity index (χ1) is 14.8. The molecule has 3 amide bonds. The van der Waals surface area contributed by atoms with Crippen LogP contribution in [-0.4, -0.2) is 61.5 Å². The highest BCUT2D eigenvalue weighted by Crippen LogP contribution is 2.32. The van der Waals surface area contributed by atoms with Crippen LogP contribution in [0, 0.1) is 5.92 Å². The fourth-order valence-electron chi connectivity index (χ4n) is 3.90. The number of nitrogens with two attached hydrogens (primary N) is 1. The number of alkyl halides is 2. The smallest absolute Gasteiger partial charge is 0.265 e. The summed E-state index contributed by atoms with van der Waals surface area (Å²) in [6.07, 6.45) is 0.281. The topological polar surface area (TPSA) is 105 Å². The third-order valence-corrected chi connectivity index (χ3v) is 5.83. The minimum Gasteiger partial charge on any atom is -0.370 e. The monoisotopic (exact) mass is 438 g/mol. The van der Waals surface area contributed by atoms with E-state index in [9.17, 15) is 23.2 Å². The summed E-state index contributed by atoms with van der Waals surface area (Å²) in [6, 6.07) is 2.72. The Balaban J connectivity index is 1.80. The molecule has 3 N–H and O–H groups in total. The van der Waals surface area contributed by atoms with Crippen LogP contribution in [0.4, 0.5) is 20.2 Å². The zero-order chi connectivity index (χ0) is 22.5. The first kappa shape index (κ1) is 23.1. The van der Waals surface area contributed by atoms with Crippen LogP contribution in [0.15, 0.2) is 18.2 Å². The number of anilines is 2. The number of rotatable bonds is 9. The van der Waals surface area contributed by atoms with Gasteiger partial charge in [0.2, 0.25) is 5.91 Å². The second-order valence-corrected chi connectivity index (χ2v) is 7.85. The number of nitrogens with one attached hydrogen (secondary N) is 1. The van der Waals surface area contributed by atoms with E-state index in [1.54, 1.807) is 4.90 Å². The fraction of sp³-hybridized carbons (Fsp3) is 0.571. The first-order valence-corrected chi connectivity index (χ1v) is 10.5. The van der Waals surface area contributed by atoms with Gasteiger partial charge >= 0.3 is 0 Å². The van der Waals surface area contributed by atoms with E-state index in [2.05, 4.69) is 5.32 Å². The molecule has 1 aliphatic carbocycles. The van der Waals surface area contributed by atoms with E-state index >= 15 is 0 Å². The predicted molar refractivity (Wildman–Crippen MR) is 111 cm³/mol. The fourth-order valence-corrected chi connectivity index (χ4v) is 3.90. The number of benzene rings is 1. The van der Waals surface area contributed by atoms with E-state index in [0.717, 1.165) is 19.3 Å². The van der Waals surface area contributed by atoms with Gasteiger partial charge in [0.25, 0.3) is 18.2 Å². The van der Waals surface area contributed by atoms with Gasteiger partial charge in [-0.25, -0.2) is 8.78 Å². The number of likely N-dealkylation sites (N-methyl/N-ethyl adjacent to an activating group) is 1. The van der Waals surface area contributed by atoms with Crippen molar-refractivity contribution in [2.24, 2.45) is 11.7 Å². The van der Waals surface area contributed by atoms with Gasteiger partial charge in [-0.2, -0.15) is 0 Å². The van der Waals surface area contributed by atoms with Crippen molar-refractivity contribution in [2.75, 3.05) is 43.1 Å². The Morgan fingerprint density at radius 1 is 1.35 bits per heavy atom. The summed E-state index contributed by atoms with van der Waals surface area (Å²) in [5.41, 5.74) is 5.24.